The second kappa shape index (κ2) is 7.76. The Hall–Kier alpha value is -2.25. The standard InChI is InChI=1S/C17H19ClFN3O3/c1-17(2,3)25-16(24)22-14(12-8-13(18)21-9-20-12)15(23)10-5-4-6-11(19)7-10/h4-9,14-15,23H,1-3H3,(H,22,24). The van der Waals surface area contributed by atoms with E-state index in [0.29, 0.717) is 0 Å². The summed E-state index contributed by atoms with van der Waals surface area (Å²) in [5, 5.41) is 13.4. The number of alkyl carbamates (subject to hydrolysis) is 1. The molecule has 6 nitrogen and oxygen atoms in total. The molecule has 1 aromatic carbocycles. The first-order chi connectivity index (χ1) is 11.7. The summed E-state index contributed by atoms with van der Waals surface area (Å²) in [5.74, 6) is -0.506. The number of ether oxygens (including phenoxy) is 1. The van der Waals surface area contributed by atoms with Crippen molar-refractivity contribution in [3.63, 3.8) is 0 Å². The molecule has 1 amide bonds. The highest BCUT2D eigenvalue weighted by molar-refractivity contribution is 6.29. The van der Waals surface area contributed by atoms with Gasteiger partial charge < -0.3 is 15.2 Å². The van der Waals surface area contributed by atoms with Crippen LogP contribution in [0.5, 0.6) is 0 Å². The summed E-state index contributed by atoms with van der Waals surface area (Å²) >= 11 is 5.87. The average molecular weight is 368 g/mol. The van der Waals surface area contributed by atoms with Crippen LogP contribution in [0, 0.1) is 5.82 Å². The van der Waals surface area contributed by atoms with Crippen molar-refractivity contribution in [2.45, 2.75) is 38.5 Å². The lowest BCUT2D eigenvalue weighted by Gasteiger charge is -2.26. The van der Waals surface area contributed by atoms with Gasteiger partial charge in [-0.2, -0.15) is 0 Å². The molecule has 0 fully saturated rings. The van der Waals surface area contributed by atoms with E-state index in [1.165, 1.54) is 30.6 Å². The Kier molecular flexibility index (Phi) is 5.92. The van der Waals surface area contributed by atoms with Crippen molar-refractivity contribution < 1.29 is 19.0 Å². The van der Waals surface area contributed by atoms with Crippen molar-refractivity contribution in [1.29, 1.82) is 0 Å². The number of carbonyl (C=O) groups excluding carboxylic acids is 1. The number of aromatic nitrogens is 2. The van der Waals surface area contributed by atoms with Crippen LogP contribution >= 0.6 is 11.6 Å². The number of aliphatic hydroxyl groups is 1. The molecule has 0 saturated heterocycles. The zero-order valence-electron chi connectivity index (χ0n) is 14.0. The maximum Gasteiger partial charge on any atom is 0.408 e. The molecule has 1 aromatic heterocycles. The smallest absolute Gasteiger partial charge is 0.408 e. The monoisotopic (exact) mass is 367 g/mol. The number of nitrogens with zero attached hydrogens (tertiary/aromatic N) is 2. The number of aliphatic hydroxyl groups excluding tert-OH is 1. The van der Waals surface area contributed by atoms with E-state index in [-0.39, 0.29) is 16.4 Å². The highest BCUT2D eigenvalue weighted by atomic mass is 35.5. The number of rotatable bonds is 4. The zero-order valence-corrected chi connectivity index (χ0v) is 14.8. The van der Waals surface area contributed by atoms with Crippen LogP contribution in [-0.4, -0.2) is 26.8 Å². The van der Waals surface area contributed by atoms with E-state index in [4.69, 9.17) is 16.3 Å². The van der Waals surface area contributed by atoms with Gasteiger partial charge in [-0.1, -0.05) is 23.7 Å². The number of hydrogen-bond acceptors (Lipinski definition) is 5. The number of nitrogens with one attached hydrogen (secondary N) is 1. The topological polar surface area (TPSA) is 84.3 Å². The Balaban J connectivity index is 2.33. The number of amides is 1. The number of carbonyl (C=O) groups is 1. The van der Waals surface area contributed by atoms with Gasteiger partial charge >= 0.3 is 6.09 Å². The first-order valence-electron chi connectivity index (χ1n) is 7.56. The highest BCUT2D eigenvalue weighted by Crippen LogP contribution is 2.29. The summed E-state index contributed by atoms with van der Waals surface area (Å²) in [6.45, 7) is 5.14. The number of halogens is 2. The lowest BCUT2D eigenvalue weighted by molar-refractivity contribution is 0.0415. The normalized spacial score (nSPS) is 13.8. The summed E-state index contributed by atoms with van der Waals surface area (Å²) in [6, 6.07) is 5.85. The van der Waals surface area contributed by atoms with Crippen LogP contribution in [0.4, 0.5) is 9.18 Å². The first kappa shape index (κ1) is 19.1. The van der Waals surface area contributed by atoms with Crippen molar-refractivity contribution in [2.75, 3.05) is 0 Å². The van der Waals surface area contributed by atoms with Gasteiger partial charge in [0.05, 0.1) is 5.69 Å². The minimum Gasteiger partial charge on any atom is -0.444 e. The van der Waals surface area contributed by atoms with Crippen LogP contribution < -0.4 is 5.32 Å². The van der Waals surface area contributed by atoms with Crippen molar-refractivity contribution in [3.05, 3.63) is 58.9 Å². The Morgan fingerprint density at radius 3 is 2.64 bits per heavy atom. The van der Waals surface area contributed by atoms with Gasteiger partial charge in [0, 0.05) is 0 Å². The molecule has 2 unspecified atom stereocenters. The van der Waals surface area contributed by atoms with Gasteiger partial charge in [-0.05, 0) is 44.5 Å². The van der Waals surface area contributed by atoms with Crippen molar-refractivity contribution in [1.82, 2.24) is 15.3 Å². The Bertz CT molecular complexity index is 752. The Morgan fingerprint density at radius 1 is 1.32 bits per heavy atom. The molecule has 1 heterocycles. The molecular weight excluding hydrogens is 349 g/mol. The fourth-order valence-electron chi connectivity index (χ4n) is 2.15. The largest absolute Gasteiger partial charge is 0.444 e. The molecule has 0 radical (unpaired) electrons. The second-order valence-electron chi connectivity index (χ2n) is 6.39. The van der Waals surface area contributed by atoms with Gasteiger partial charge in [0.1, 0.15) is 35.0 Å². The maximum absolute atomic E-state index is 13.5. The molecule has 25 heavy (non-hydrogen) atoms. The van der Waals surface area contributed by atoms with Gasteiger partial charge in [-0.15, -0.1) is 0 Å². The lowest BCUT2D eigenvalue weighted by Crippen LogP contribution is -2.37. The van der Waals surface area contributed by atoms with E-state index in [9.17, 15) is 14.3 Å². The summed E-state index contributed by atoms with van der Waals surface area (Å²) in [5.41, 5.74) is -0.180. The van der Waals surface area contributed by atoms with Crippen LogP contribution in [0.15, 0.2) is 36.7 Å². The summed E-state index contributed by atoms with van der Waals surface area (Å²) in [7, 11) is 0. The van der Waals surface area contributed by atoms with Crippen molar-refractivity contribution in [3.8, 4) is 0 Å². The van der Waals surface area contributed by atoms with Crippen molar-refractivity contribution >= 4 is 17.7 Å². The molecule has 0 aliphatic carbocycles. The quantitative estimate of drug-likeness (QED) is 0.807. The van der Waals surface area contributed by atoms with Crippen LogP contribution in [0.1, 0.15) is 44.2 Å². The third kappa shape index (κ3) is 5.65. The Morgan fingerprint density at radius 2 is 2.04 bits per heavy atom. The molecule has 2 rings (SSSR count). The molecule has 0 aliphatic heterocycles. The minimum absolute atomic E-state index is 0.146. The molecule has 0 bridgehead atoms. The van der Waals surface area contributed by atoms with E-state index in [1.807, 2.05) is 0 Å². The summed E-state index contributed by atoms with van der Waals surface area (Å²) in [6.07, 6.45) is -0.809. The molecule has 0 saturated carbocycles. The number of benzene rings is 1. The van der Waals surface area contributed by atoms with Gasteiger partial charge in [0.2, 0.25) is 0 Å². The molecule has 0 aliphatic rings. The van der Waals surface area contributed by atoms with E-state index in [1.54, 1.807) is 26.8 Å². The lowest BCUT2D eigenvalue weighted by atomic mass is 9.99. The van der Waals surface area contributed by atoms with Crippen LogP contribution in [0.25, 0.3) is 0 Å². The van der Waals surface area contributed by atoms with Crippen LogP contribution in [-0.2, 0) is 4.74 Å². The van der Waals surface area contributed by atoms with Gasteiger partial charge in [0.25, 0.3) is 0 Å². The third-order valence-electron chi connectivity index (χ3n) is 3.15. The van der Waals surface area contributed by atoms with Crippen LogP contribution in [0.3, 0.4) is 0 Å². The summed E-state index contributed by atoms with van der Waals surface area (Å²) < 4.78 is 18.7. The molecule has 2 atom stereocenters. The van der Waals surface area contributed by atoms with Gasteiger partial charge in [-0.25, -0.2) is 19.2 Å². The van der Waals surface area contributed by atoms with Crippen LogP contribution in [0.2, 0.25) is 5.15 Å². The SMILES string of the molecule is CC(C)(C)OC(=O)NC(c1cc(Cl)ncn1)C(O)c1cccc(F)c1. The van der Waals surface area contributed by atoms with Gasteiger partial charge in [-0.3, -0.25) is 0 Å². The summed E-state index contributed by atoms with van der Waals surface area (Å²) in [4.78, 5) is 19.9. The highest BCUT2D eigenvalue weighted by Gasteiger charge is 2.28. The fourth-order valence-corrected chi connectivity index (χ4v) is 2.30. The second-order valence-corrected chi connectivity index (χ2v) is 6.78. The molecule has 2 N–H and O–H groups in total. The molecule has 8 heteroatoms. The molecule has 0 spiro atoms. The molecular formula is C17H19ClFN3O3. The third-order valence-corrected chi connectivity index (χ3v) is 3.36. The van der Waals surface area contributed by atoms with E-state index >= 15 is 0 Å². The predicted molar refractivity (Wildman–Crippen MR) is 90.5 cm³/mol. The predicted octanol–water partition coefficient (Wildman–Crippen LogP) is 3.57. The maximum atomic E-state index is 13.5. The van der Waals surface area contributed by atoms with Crippen molar-refractivity contribution in [2.24, 2.45) is 0 Å². The molecule has 134 valence electrons. The van der Waals surface area contributed by atoms with Gasteiger partial charge in [0.15, 0.2) is 0 Å². The van der Waals surface area contributed by atoms with E-state index < -0.39 is 29.7 Å². The average Bonchev–Trinajstić information content (AvgIpc) is 2.50. The molecule has 2 aromatic rings. The minimum atomic E-state index is -1.27. The van der Waals surface area contributed by atoms with E-state index in [2.05, 4.69) is 15.3 Å². The first-order valence-corrected chi connectivity index (χ1v) is 7.94. The zero-order chi connectivity index (χ0) is 18.6. The fraction of sp³-hybridized carbons (Fsp3) is 0.353. The Labute approximate surface area is 150 Å². The number of hydrogen-bond donors (Lipinski definition) is 2. The van der Waals surface area contributed by atoms with E-state index in [0.717, 1.165) is 0 Å².